The highest BCUT2D eigenvalue weighted by atomic mass is 16.5. The molecule has 128 valence electrons. The van der Waals surface area contributed by atoms with Crippen LogP contribution in [0, 0.1) is 0 Å². The molecular weight excluding hydrogens is 320 g/mol. The first-order chi connectivity index (χ1) is 12.8. The third-order valence-corrected chi connectivity index (χ3v) is 5.55. The summed E-state index contributed by atoms with van der Waals surface area (Å²) < 4.78 is 11.9. The minimum Gasteiger partial charge on any atom is -0.496 e. The van der Waals surface area contributed by atoms with Crippen molar-refractivity contribution in [1.29, 1.82) is 0 Å². The highest BCUT2D eigenvalue weighted by Gasteiger charge is 2.25. The van der Waals surface area contributed by atoms with Crippen LogP contribution in [0.15, 0.2) is 60.7 Å². The van der Waals surface area contributed by atoms with Crippen LogP contribution in [0.3, 0.4) is 0 Å². The van der Waals surface area contributed by atoms with Crippen LogP contribution in [0.1, 0.15) is 22.3 Å². The van der Waals surface area contributed by atoms with Gasteiger partial charge in [0.05, 0.1) is 14.2 Å². The predicted octanol–water partition coefficient (Wildman–Crippen LogP) is 5.51. The van der Waals surface area contributed by atoms with E-state index in [9.17, 15) is 0 Å². The van der Waals surface area contributed by atoms with Crippen molar-refractivity contribution >= 4 is 21.5 Å². The molecule has 1 aliphatic rings. The monoisotopic (exact) mass is 340 g/mol. The van der Waals surface area contributed by atoms with Gasteiger partial charge in [0.25, 0.3) is 0 Å². The average Bonchev–Trinajstić information content (AvgIpc) is 2.69. The Morgan fingerprint density at radius 3 is 1.46 bits per heavy atom. The third-order valence-electron chi connectivity index (χ3n) is 5.55. The maximum absolute atomic E-state index is 5.93. The fourth-order valence-electron chi connectivity index (χ4n) is 4.34. The lowest BCUT2D eigenvalue weighted by Crippen LogP contribution is -2.11. The smallest absolute Gasteiger partial charge is 0.130 e. The van der Waals surface area contributed by atoms with Gasteiger partial charge < -0.3 is 9.47 Å². The molecule has 1 aliphatic carbocycles. The van der Waals surface area contributed by atoms with Crippen LogP contribution < -0.4 is 9.47 Å². The molecule has 26 heavy (non-hydrogen) atoms. The van der Waals surface area contributed by atoms with E-state index in [0.717, 1.165) is 35.1 Å². The Morgan fingerprint density at radius 2 is 1.04 bits per heavy atom. The van der Waals surface area contributed by atoms with Gasteiger partial charge in [-0.1, -0.05) is 48.5 Å². The van der Waals surface area contributed by atoms with Crippen LogP contribution in [-0.4, -0.2) is 14.2 Å². The molecule has 4 aromatic carbocycles. The summed E-state index contributed by atoms with van der Waals surface area (Å²) in [7, 11) is 3.55. The predicted molar refractivity (Wildman–Crippen MR) is 107 cm³/mol. The van der Waals surface area contributed by atoms with E-state index in [1.165, 1.54) is 33.0 Å². The zero-order valence-electron chi connectivity index (χ0n) is 15.0. The molecule has 2 nitrogen and oxygen atoms in total. The van der Waals surface area contributed by atoms with Crippen LogP contribution in [0.25, 0.3) is 21.5 Å². The summed E-state index contributed by atoms with van der Waals surface area (Å²) in [6.07, 6.45) is 1.77. The van der Waals surface area contributed by atoms with Crippen molar-refractivity contribution in [1.82, 2.24) is 0 Å². The van der Waals surface area contributed by atoms with Gasteiger partial charge in [-0.3, -0.25) is 0 Å². The normalized spacial score (nSPS) is 12.7. The fraction of sp³-hybridized carbons (Fsp3) is 0.167. The van der Waals surface area contributed by atoms with Gasteiger partial charge in [0, 0.05) is 34.7 Å². The van der Waals surface area contributed by atoms with Crippen molar-refractivity contribution in [2.45, 2.75) is 12.8 Å². The summed E-state index contributed by atoms with van der Waals surface area (Å²) in [5.74, 6) is 1.96. The second kappa shape index (κ2) is 5.77. The van der Waals surface area contributed by atoms with Crippen LogP contribution in [0.4, 0.5) is 0 Å². The first-order valence-electron chi connectivity index (χ1n) is 8.95. The Labute approximate surface area is 153 Å². The molecule has 0 spiro atoms. The first-order valence-corrected chi connectivity index (χ1v) is 8.95. The number of fused-ring (bicyclic) bond motifs is 4. The summed E-state index contributed by atoms with van der Waals surface area (Å²) in [6.45, 7) is 0. The molecule has 0 aromatic heterocycles. The first kappa shape index (κ1) is 15.3. The summed E-state index contributed by atoms with van der Waals surface area (Å²) >= 11 is 0. The van der Waals surface area contributed by atoms with Gasteiger partial charge in [0.2, 0.25) is 0 Å². The van der Waals surface area contributed by atoms with E-state index in [1.54, 1.807) is 14.2 Å². The van der Waals surface area contributed by atoms with Crippen LogP contribution in [0.5, 0.6) is 11.5 Å². The molecule has 0 atom stereocenters. The summed E-state index contributed by atoms with van der Waals surface area (Å²) in [4.78, 5) is 0. The van der Waals surface area contributed by atoms with Gasteiger partial charge in [-0.25, -0.2) is 0 Å². The molecule has 0 bridgehead atoms. The largest absolute Gasteiger partial charge is 0.496 e. The van der Waals surface area contributed by atoms with Gasteiger partial charge in [0.15, 0.2) is 0 Å². The van der Waals surface area contributed by atoms with Crippen molar-refractivity contribution in [2.24, 2.45) is 0 Å². The van der Waals surface area contributed by atoms with E-state index in [1.807, 2.05) is 0 Å². The number of methoxy groups -OCH3 is 2. The number of benzene rings is 4. The molecule has 2 heteroatoms. The lowest BCUT2D eigenvalue weighted by molar-refractivity contribution is 0.402. The number of hydrogen-bond donors (Lipinski definition) is 0. The second-order valence-corrected chi connectivity index (χ2v) is 6.89. The Bertz CT molecular complexity index is 1070. The molecule has 0 heterocycles. The molecular formula is C24H20O2. The molecule has 0 unspecified atom stereocenters. The topological polar surface area (TPSA) is 18.5 Å². The Balaban J connectivity index is 1.89. The Hall–Kier alpha value is -3.00. The quantitative estimate of drug-likeness (QED) is 0.395. The second-order valence-electron chi connectivity index (χ2n) is 6.89. The molecule has 0 amide bonds. The summed E-state index contributed by atoms with van der Waals surface area (Å²) in [5, 5.41) is 4.69. The van der Waals surface area contributed by atoms with Crippen molar-refractivity contribution < 1.29 is 9.47 Å². The molecule has 0 saturated carbocycles. The number of hydrogen-bond acceptors (Lipinski definition) is 2. The van der Waals surface area contributed by atoms with Crippen LogP contribution in [-0.2, 0) is 12.8 Å². The molecule has 0 fully saturated rings. The molecule has 0 aliphatic heterocycles. The lowest BCUT2D eigenvalue weighted by Gasteiger charge is -2.26. The van der Waals surface area contributed by atoms with Crippen molar-refractivity contribution in [3.63, 3.8) is 0 Å². The maximum atomic E-state index is 5.93. The molecule has 0 radical (unpaired) electrons. The minimum absolute atomic E-state index is 0.883. The van der Waals surface area contributed by atoms with Gasteiger partial charge in [-0.2, -0.15) is 0 Å². The summed E-state index contributed by atoms with van der Waals surface area (Å²) in [6, 6.07) is 21.6. The van der Waals surface area contributed by atoms with Crippen LogP contribution in [0.2, 0.25) is 0 Å². The van der Waals surface area contributed by atoms with Gasteiger partial charge >= 0.3 is 0 Å². The van der Waals surface area contributed by atoms with Gasteiger partial charge in [0.1, 0.15) is 11.5 Å². The van der Waals surface area contributed by atoms with E-state index in [0.29, 0.717) is 0 Å². The standard InChI is InChI=1S/C24H20O2/c1-25-23-19-11-15-7-3-5-9-17(15)13-21(19)24(26-2)22-14-18-10-6-4-8-16(18)12-20(22)23/h3-11,13H,12,14H2,1-2H3. The highest BCUT2D eigenvalue weighted by Crippen LogP contribution is 2.46. The molecule has 4 aromatic rings. The highest BCUT2D eigenvalue weighted by molar-refractivity contribution is 6.05. The average molecular weight is 340 g/mol. The molecule has 5 rings (SSSR count). The van der Waals surface area contributed by atoms with Crippen molar-refractivity contribution in [2.75, 3.05) is 14.2 Å². The van der Waals surface area contributed by atoms with Crippen molar-refractivity contribution in [3.05, 3.63) is 82.9 Å². The Morgan fingerprint density at radius 1 is 0.615 bits per heavy atom. The van der Waals surface area contributed by atoms with E-state index in [4.69, 9.17) is 9.47 Å². The van der Waals surface area contributed by atoms with E-state index >= 15 is 0 Å². The van der Waals surface area contributed by atoms with E-state index in [2.05, 4.69) is 60.7 Å². The molecule has 0 saturated heterocycles. The van der Waals surface area contributed by atoms with E-state index < -0.39 is 0 Å². The van der Waals surface area contributed by atoms with E-state index in [-0.39, 0.29) is 0 Å². The number of ether oxygens (including phenoxy) is 2. The maximum Gasteiger partial charge on any atom is 0.130 e. The molecule has 0 N–H and O–H groups in total. The number of rotatable bonds is 2. The van der Waals surface area contributed by atoms with Gasteiger partial charge in [-0.05, 0) is 34.0 Å². The SMILES string of the molecule is COc1c2c(c(OC)c3cc4ccccc4cc13)Cc1ccccc1C2. The van der Waals surface area contributed by atoms with Crippen molar-refractivity contribution in [3.8, 4) is 11.5 Å². The zero-order chi connectivity index (χ0) is 17.7. The third kappa shape index (κ3) is 2.12. The van der Waals surface area contributed by atoms with Crippen LogP contribution >= 0.6 is 0 Å². The fourth-order valence-corrected chi connectivity index (χ4v) is 4.34. The lowest BCUT2D eigenvalue weighted by atomic mass is 9.82. The minimum atomic E-state index is 0.883. The Kier molecular flexibility index (Phi) is 3.39. The zero-order valence-corrected chi connectivity index (χ0v) is 15.0. The van der Waals surface area contributed by atoms with Gasteiger partial charge in [-0.15, -0.1) is 0 Å². The summed E-state index contributed by atoms with van der Waals surface area (Å²) in [5.41, 5.74) is 5.26.